The topological polar surface area (TPSA) is 57.8 Å². The quantitative estimate of drug-likeness (QED) is 0.870. The molecular weight excluding hydrogens is 226 g/mol. The predicted molar refractivity (Wildman–Crippen MR) is 70.4 cm³/mol. The number of rotatable bonds is 3. The van der Waals surface area contributed by atoms with Crippen LogP contribution in [0.2, 0.25) is 0 Å². The number of hydrogen-bond acceptors (Lipinski definition) is 2. The summed E-state index contributed by atoms with van der Waals surface area (Å²) in [7, 11) is 0. The van der Waals surface area contributed by atoms with E-state index in [9.17, 15) is 4.79 Å². The molecule has 0 aliphatic rings. The van der Waals surface area contributed by atoms with Crippen LogP contribution < -0.4 is 5.32 Å². The van der Waals surface area contributed by atoms with Gasteiger partial charge in [0.2, 0.25) is 0 Å². The molecule has 1 unspecified atom stereocenters. The van der Waals surface area contributed by atoms with Crippen LogP contribution in [0.15, 0.2) is 30.5 Å². The van der Waals surface area contributed by atoms with Crippen LogP contribution in [-0.2, 0) is 0 Å². The molecule has 18 heavy (non-hydrogen) atoms. The molecule has 2 rings (SSSR count). The smallest absolute Gasteiger partial charge is 0.255 e. The molecule has 4 heteroatoms. The Kier molecular flexibility index (Phi) is 3.46. The minimum absolute atomic E-state index is 0.0209. The second-order valence-corrected chi connectivity index (χ2v) is 4.51. The molecule has 1 amide bonds. The van der Waals surface area contributed by atoms with Gasteiger partial charge in [0.1, 0.15) is 0 Å². The van der Waals surface area contributed by atoms with Crippen LogP contribution in [0.1, 0.15) is 40.1 Å². The average Bonchev–Trinajstić information content (AvgIpc) is 2.76. The van der Waals surface area contributed by atoms with E-state index in [1.807, 2.05) is 45.0 Å². The molecule has 0 fully saturated rings. The molecule has 0 radical (unpaired) electrons. The molecule has 2 N–H and O–H groups in total. The van der Waals surface area contributed by atoms with Crippen LogP contribution in [0.5, 0.6) is 0 Å². The Hall–Kier alpha value is -2.10. The largest absolute Gasteiger partial charge is 0.345 e. The standard InChI is InChI=1S/C14H17N3O/c1-9-4-6-12(7-5-9)10(2)16-14(18)13-8-15-17-11(13)3/h4-8,10H,1-3H3,(H,15,17)(H,16,18). The third-order valence-corrected chi connectivity index (χ3v) is 3.00. The van der Waals surface area contributed by atoms with Crippen molar-refractivity contribution in [1.29, 1.82) is 0 Å². The van der Waals surface area contributed by atoms with Crippen molar-refractivity contribution in [3.05, 3.63) is 52.8 Å². The number of carbonyl (C=O) groups excluding carboxylic acids is 1. The Morgan fingerprint density at radius 2 is 1.94 bits per heavy atom. The van der Waals surface area contributed by atoms with Gasteiger partial charge < -0.3 is 5.32 Å². The lowest BCUT2D eigenvalue weighted by Gasteiger charge is -2.14. The summed E-state index contributed by atoms with van der Waals surface area (Å²) >= 11 is 0. The molecule has 0 saturated carbocycles. The van der Waals surface area contributed by atoms with E-state index in [4.69, 9.17) is 0 Å². The van der Waals surface area contributed by atoms with Crippen LogP contribution in [0.4, 0.5) is 0 Å². The van der Waals surface area contributed by atoms with Gasteiger partial charge in [-0.05, 0) is 26.3 Å². The van der Waals surface area contributed by atoms with E-state index >= 15 is 0 Å². The first-order valence-corrected chi connectivity index (χ1v) is 5.95. The van der Waals surface area contributed by atoms with E-state index in [0.29, 0.717) is 5.56 Å². The molecule has 0 bridgehead atoms. The first-order valence-electron chi connectivity index (χ1n) is 5.95. The highest BCUT2D eigenvalue weighted by Crippen LogP contribution is 2.14. The van der Waals surface area contributed by atoms with Gasteiger partial charge in [0, 0.05) is 5.69 Å². The fourth-order valence-corrected chi connectivity index (χ4v) is 1.79. The Bertz CT molecular complexity index is 542. The second kappa shape index (κ2) is 5.04. The first-order chi connectivity index (χ1) is 8.58. The molecule has 2 aromatic rings. The van der Waals surface area contributed by atoms with Gasteiger partial charge in [0.15, 0.2) is 0 Å². The van der Waals surface area contributed by atoms with E-state index in [2.05, 4.69) is 15.5 Å². The van der Waals surface area contributed by atoms with Crippen LogP contribution in [0.25, 0.3) is 0 Å². The van der Waals surface area contributed by atoms with Gasteiger partial charge in [-0.1, -0.05) is 29.8 Å². The second-order valence-electron chi connectivity index (χ2n) is 4.51. The number of aryl methyl sites for hydroxylation is 2. The Morgan fingerprint density at radius 3 is 2.50 bits per heavy atom. The third-order valence-electron chi connectivity index (χ3n) is 3.00. The van der Waals surface area contributed by atoms with E-state index in [1.165, 1.54) is 5.56 Å². The minimum Gasteiger partial charge on any atom is -0.345 e. The van der Waals surface area contributed by atoms with Gasteiger partial charge in [-0.3, -0.25) is 9.89 Å². The van der Waals surface area contributed by atoms with Gasteiger partial charge in [-0.25, -0.2) is 0 Å². The summed E-state index contributed by atoms with van der Waals surface area (Å²) in [4.78, 5) is 12.0. The van der Waals surface area contributed by atoms with E-state index in [0.717, 1.165) is 11.3 Å². The van der Waals surface area contributed by atoms with Crippen LogP contribution >= 0.6 is 0 Å². The van der Waals surface area contributed by atoms with Gasteiger partial charge >= 0.3 is 0 Å². The number of benzene rings is 1. The zero-order valence-electron chi connectivity index (χ0n) is 10.8. The molecule has 0 aliphatic carbocycles. The summed E-state index contributed by atoms with van der Waals surface area (Å²) in [5, 5.41) is 9.57. The molecule has 1 aromatic carbocycles. The molecule has 4 nitrogen and oxygen atoms in total. The number of aromatic nitrogens is 2. The van der Waals surface area contributed by atoms with Crippen molar-refractivity contribution in [2.75, 3.05) is 0 Å². The molecule has 1 heterocycles. The maximum absolute atomic E-state index is 12.0. The van der Waals surface area contributed by atoms with Crippen LogP contribution in [-0.4, -0.2) is 16.1 Å². The monoisotopic (exact) mass is 243 g/mol. The molecule has 0 aliphatic heterocycles. The lowest BCUT2D eigenvalue weighted by Crippen LogP contribution is -2.26. The van der Waals surface area contributed by atoms with Crippen molar-refractivity contribution >= 4 is 5.91 Å². The summed E-state index contributed by atoms with van der Waals surface area (Å²) in [6.45, 7) is 5.85. The fraction of sp³-hybridized carbons (Fsp3) is 0.286. The highest BCUT2D eigenvalue weighted by molar-refractivity contribution is 5.95. The minimum atomic E-state index is -0.102. The highest BCUT2D eigenvalue weighted by atomic mass is 16.1. The molecular formula is C14H17N3O. The number of aromatic amines is 1. The van der Waals surface area contributed by atoms with Gasteiger partial charge in [-0.15, -0.1) is 0 Å². The predicted octanol–water partition coefficient (Wildman–Crippen LogP) is 2.52. The Balaban J connectivity index is 2.08. The summed E-state index contributed by atoms with van der Waals surface area (Å²) in [5.74, 6) is -0.102. The lowest BCUT2D eigenvalue weighted by atomic mass is 10.1. The summed E-state index contributed by atoms with van der Waals surface area (Å²) in [6, 6.07) is 8.13. The van der Waals surface area contributed by atoms with E-state index in [-0.39, 0.29) is 11.9 Å². The summed E-state index contributed by atoms with van der Waals surface area (Å²) in [5.41, 5.74) is 3.68. The van der Waals surface area contributed by atoms with Crippen molar-refractivity contribution < 1.29 is 4.79 Å². The average molecular weight is 243 g/mol. The van der Waals surface area contributed by atoms with Gasteiger partial charge in [0.05, 0.1) is 17.8 Å². The van der Waals surface area contributed by atoms with Crippen molar-refractivity contribution in [2.45, 2.75) is 26.8 Å². The van der Waals surface area contributed by atoms with Gasteiger partial charge in [-0.2, -0.15) is 5.10 Å². The number of hydrogen-bond donors (Lipinski definition) is 2. The normalized spacial score (nSPS) is 12.2. The number of nitrogens with one attached hydrogen (secondary N) is 2. The number of nitrogens with zero attached hydrogens (tertiary/aromatic N) is 1. The molecule has 0 saturated heterocycles. The van der Waals surface area contributed by atoms with E-state index < -0.39 is 0 Å². The molecule has 94 valence electrons. The third kappa shape index (κ3) is 2.59. The summed E-state index contributed by atoms with van der Waals surface area (Å²) < 4.78 is 0. The zero-order valence-corrected chi connectivity index (χ0v) is 10.8. The van der Waals surface area contributed by atoms with Crippen molar-refractivity contribution in [3.63, 3.8) is 0 Å². The molecule has 1 atom stereocenters. The Morgan fingerprint density at radius 1 is 1.28 bits per heavy atom. The van der Waals surface area contributed by atoms with Crippen LogP contribution in [0.3, 0.4) is 0 Å². The van der Waals surface area contributed by atoms with Crippen LogP contribution in [0, 0.1) is 13.8 Å². The van der Waals surface area contributed by atoms with Gasteiger partial charge in [0.25, 0.3) is 5.91 Å². The molecule has 0 spiro atoms. The maximum Gasteiger partial charge on any atom is 0.255 e. The summed E-state index contributed by atoms with van der Waals surface area (Å²) in [6.07, 6.45) is 1.55. The highest BCUT2D eigenvalue weighted by Gasteiger charge is 2.14. The first kappa shape index (κ1) is 12.4. The fourth-order valence-electron chi connectivity index (χ4n) is 1.79. The van der Waals surface area contributed by atoms with Crippen molar-refractivity contribution in [1.82, 2.24) is 15.5 Å². The Labute approximate surface area is 106 Å². The maximum atomic E-state index is 12.0. The number of H-pyrrole nitrogens is 1. The lowest BCUT2D eigenvalue weighted by molar-refractivity contribution is 0.0939. The SMILES string of the molecule is Cc1ccc(C(C)NC(=O)c2cn[nH]c2C)cc1. The number of carbonyl (C=O) groups is 1. The molecule has 1 aromatic heterocycles. The van der Waals surface area contributed by atoms with E-state index in [1.54, 1.807) is 6.20 Å². The zero-order chi connectivity index (χ0) is 13.1. The van der Waals surface area contributed by atoms with Crippen molar-refractivity contribution in [2.24, 2.45) is 0 Å². The number of amides is 1. The van der Waals surface area contributed by atoms with Crippen molar-refractivity contribution in [3.8, 4) is 0 Å².